The third-order valence-corrected chi connectivity index (χ3v) is 8.50. The summed E-state index contributed by atoms with van der Waals surface area (Å²) in [4.78, 5) is 0.231. The standard InChI is InChI=1S/C29H28ClN3O3S/c1-20(31-2)15-16-36-24-13-14-27-26(18-24)29(32-33(27)19-21-7-5-10-23(30)17-21)37(34,35)28-12-6-9-22-8-3-4-11-25(22)28/h3-14,17-18,20,31H,15-16,19H2,1-2H3. The van der Waals surface area contributed by atoms with Gasteiger partial charge in [0.25, 0.3) is 0 Å². The van der Waals surface area contributed by atoms with Gasteiger partial charge in [-0.15, -0.1) is 0 Å². The van der Waals surface area contributed by atoms with Crippen molar-refractivity contribution in [2.75, 3.05) is 13.7 Å². The summed E-state index contributed by atoms with van der Waals surface area (Å²) in [5.41, 5.74) is 1.63. The van der Waals surface area contributed by atoms with E-state index in [0.29, 0.717) is 46.3 Å². The Bertz CT molecular complexity index is 1680. The van der Waals surface area contributed by atoms with Gasteiger partial charge in [-0.25, -0.2) is 8.42 Å². The highest BCUT2D eigenvalue weighted by Gasteiger charge is 2.27. The minimum Gasteiger partial charge on any atom is -0.494 e. The molecule has 1 unspecified atom stereocenters. The van der Waals surface area contributed by atoms with E-state index in [1.54, 1.807) is 28.9 Å². The number of fused-ring (bicyclic) bond motifs is 2. The summed E-state index contributed by atoms with van der Waals surface area (Å²) >= 11 is 6.20. The molecule has 0 fully saturated rings. The first kappa shape index (κ1) is 25.3. The molecule has 8 heteroatoms. The fourth-order valence-electron chi connectivity index (χ4n) is 4.38. The van der Waals surface area contributed by atoms with Crippen LogP contribution in [0.4, 0.5) is 0 Å². The van der Waals surface area contributed by atoms with Gasteiger partial charge in [0.05, 0.1) is 23.6 Å². The van der Waals surface area contributed by atoms with E-state index in [2.05, 4.69) is 17.3 Å². The monoisotopic (exact) mass is 533 g/mol. The number of nitrogens with one attached hydrogen (secondary N) is 1. The van der Waals surface area contributed by atoms with Crippen LogP contribution in [0, 0.1) is 0 Å². The zero-order valence-corrected chi connectivity index (χ0v) is 22.3. The summed E-state index contributed by atoms with van der Waals surface area (Å²) in [6.07, 6.45) is 0.823. The summed E-state index contributed by atoms with van der Waals surface area (Å²) in [7, 11) is -2.04. The molecule has 0 saturated carbocycles. The van der Waals surface area contributed by atoms with E-state index in [0.717, 1.165) is 17.4 Å². The van der Waals surface area contributed by atoms with Crippen molar-refractivity contribution >= 4 is 43.1 Å². The van der Waals surface area contributed by atoms with Gasteiger partial charge in [-0.1, -0.05) is 60.1 Å². The lowest BCUT2D eigenvalue weighted by molar-refractivity contribution is 0.294. The van der Waals surface area contributed by atoms with Crippen LogP contribution >= 0.6 is 11.6 Å². The van der Waals surface area contributed by atoms with Crippen LogP contribution in [0.1, 0.15) is 18.9 Å². The van der Waals surface area contributed by atoms with Crippen LogP contribution in [0.5, 0.6) is 5.75 Å². The molecule has 0 aliphatic heterocycles. The van der Waals surface area contributed by atoms with Crippen molar-refractivity contribution in [3.8, 4) is 5.75 Å². The van der Waals surface area contributed by atoms with Gasteiger partial charge in [-0.2, -0.15) is 5.10 Å². The lowest BCUT2D eigenvalue weighted by atomic mass is 10.1. The zero-order chi connectivity index (χ0) is 26.0. The van der Waals surface area contributed by atoms with Crippen LogP contribution in [-0.4, -0.2) is 37.9 Å². The predicted octanol–water partition coefficient (Wildman–Crippen LogP) is 6.10. The van der Waals surface area contributed by atoms with Crippen molar-refractivity contribution < 1.29 is 13.2 Å². The molecule has 1 atom stereocenters. The first-order chi connectivity index (χ1) is 17.9. The Hall–Kier alpha value is -3.39. The lowest BCUT2D eigenvalue weighted by Crippen LogP contribution is -2.23. The van der Waals surface area contributed by atoms with Crippen LogP contribution in [-0.2, 0) is 16.4 Å². The number of benzene rings is 4. The average molecular weight is 534 g/mol. The molecule has 1 heterocycles. The van der Waals surface area contributed by atoms with E-state index in [9.17, 15) is 8.42 Å². The molecule has 0 aliphatic rings. The minimum atomic E-state index is -3.95. The molecule has 5 rings (SSSR count). The molecule has 1 N–H and O–H groups in total. The van der Waals surface area contributed by atoms with Crippen molar-refractivity contribution in [2.45, 2.75) is 35.9 Å². The number of hydrogen-bond donors (Lipinski definition) is 1. The Morgan fingerprint density at radius 2 is 1.76 bits per heavy atom. The summed E-state index contributed by atoms with van der Waals surface area (Å²) in [5, 5.41) is 10.5. The lowest BCUT2D eigenvalue weighted by Gasteiger charge is -2.11. The molecule has 1 aromatic heterocycles. The number of rotatable bonds is 9. The van der Waals surface area contributed by atoms with E-state index in [-0.39, 0.29) is 9.92 Å². The second-order valence-electron chi connectivity index (χ2n) is 9.08. The molecule has 5 aromatic rings. The second kappa shape index (κ2) is 10.5. The molecule has 190 valence electrons. The predicted molar refractivity (Wildman–Crippen MR) is 148 cm³/mol. The van der Waals surface area contributed by atoms with Crippen molar-refractivity contribution in [3.05, 3.63) is 95.5 Å². The summed E-state index contributed by atoms with van der Waals surface area (Å²) < 4.78 is 35.9. The number of ether oxygens (including phenoxy) is 1. The van der Waals surface area contributed by atoms with Crippen molar-refractivity contribution in [1.82, 2.24) is 15.1 Å². The summed E-state index contributed by atoms with van der Waals surface area (Å²) in [6, 6.07) is 26.1. The summed E-state index contributed by atoms with van der Waals surface area (Å²) in [6.45, 7) is 2.97. The Morgan fingerprint density at radius 1 is 0.973 bits per heavy atom. The van der Waals surface area contributed by atoms with Crippen LogP contribution in [0.2, 0.25) is 5.02 Å². The largest absolute Gasteiger partial charge is 0.494 e. The van der Waals surface area contributed by atoms with E-state index in [1.807, 2.05) is 67.7 Å². The average Bonchev–Trinajstić information content (AvgIpc) is 3.26. The quantitative estimate of drug-likeness (QED) is 0.248. The van der Waals surface area contributed by atoms with Crippen LogP contribution in [0.15, 0.2) is 94.9 Å². The fourth-order valence-corrected chi connectivity index (χ4v) is 6.19. The highest BCUT2D eigenvalue weighted by Crippen LogP contribution is 2.34. The second-order valence-corrected chi connectivity index (χ2v) is 11.3. The normalized spacial score (nSPS) is 12.7. The number of aromatic nitrogens is 2. The van der Waals surface area contributed by atoms with Crippen LogP contribution in [0.25, 0.3) is 21.7 Å². The SMILES string of the molecule is CNC(C)CCOc1ccc2c(c1)c(S(=O)(=O)c1cccc3ccccc13)nn2Cc1cccc(Cl)c1. The van der Waals surface area contributed by atoms with E-state index in [4.69, 9.17) is 16.3 Å². The molecule has 4 aromatic carbocycles. The Balaban J connectivity index is 1.63. The Labute approximate surface area is 221 Å². The number of sulfone groups is 1. The molecule has 0 bridgehead atoms. The van der Waals surface area contributed by atoms with E-state index in [1.165, 1.54) is 0 Å². The van der Waals surface area contributed by atoms with Crippen molar-refractivity contribution in [1.29, 1.82) is 0 Å². The van der Waals surface area contributed by atoms with Gasteiger partial charge in [0.1, 0.15) is 5.75 Å². The zero-order valence-electron chi connectivity index (χ0n) is 20.7. The molecule has 0 amide bonds. The maximum absolute atomic E-state index is 14.1. The maximum atomic E-state index is 14.1. The molecular formula is C29H28ClN3O3S. The van der Waals surface area contributed by atoms with Gasteiger partial charge < -0.3 is 10.1 Å². The number of hydrogen-bond acceptors (Lipinski definition) is 5. The Kier molecular flexibility index (Phi) is 7.20. The van der Waals surface area contributed by atoms with Crippen molar-refractivity contribution in [2.24, 2.45) is 0 Å². The molecule has 0 radical (unpaired) electrons. The minimum absolute atomic E-state index is 0.00919. The maximum Gasteiger partial charge on any atom is 0.226 e. The van der Waals surface area contributed by atoms with Gasteiger partial charge in [0.2, 0.25) is 9.84 Å². The number of halogens is 1. The molecular weight excluding hydrogens is 506 g/mol. The van der Waals surface area contributed by atoms with E-state index >= 15 is 0 Å². The molecule has 0 spiro atoms. The number of nitrogens with zero attached hydrogens (tertiary/aromatic N) is 2. The molecule has 6 nitrogen and oxygen atoms in total. The highest BCUT2D eigenvalue weighted by molar-refractivity contribution is 7.91. The third kappa shape index (κ3) is 5.21. The smallest absolute Gasteiger partial charge is 0.226 e. The Morgan fingerprint density at radius 3 is 2.57 bits per heavy atom. The van der Waals surface area contributed by atoms with Gasteiger partial charge in [-0.05, 0) is 67.7 Å². The van der Waals surface area contributed by atoms with Gasteiger partial charge >= 0.3 is 0 Å². The van der Waals surface area contributed by atoms with Gasteiger partial charge in [0.15, 0.2) is 5.03 Å². The first-order valence-electron chi connectivity index (χ1n) is 12.1. The van der Waals surface area contributed by atoms with Crippen LogP contribution in [0.3, 0.4) is 0 Å². The van der Waals surface area contributed by atoms with E-state index < -0.39 is 9.84 Å². The molecule has 37 heavy (non-hydrogen) atoms. The van der Waals surface area contributed by atoms with Gasteiger partial charge in [0, 0.05) is 21.8 Å². The third-order valence-electron chi connectivity index (χ3n) is 6.52. The van der Waals surface area contributed by atoms with Crippen LogP contribution < -0.4 is 10.1 Å². The van der Waals surface area contributed by atoms with Crippen molar-refractivity contribution in [3.63, 3.8) is 0 Å². The summed E-state index contributed by atoms with van der Waals surface area (Å²) in [5.74, 6) is 0.604. The molecule has 0 aliphatic carbocycles. The first-order valence-corrected chi connectivity index (χ1v) is 14.0. The van der Waals surface area contributed by atoms with Gasteiger partial charge in [-0.3, -0.25) is 4.68 Å². The highest BCUT2D eigenvalue weighted by atomic mass is 35.5. The fraction of sp³-hybridized carbons (Fsp3) is 0.207. The topological polar surface area (TPSA) is 73.2 Å². The molecule has 0 saturated heterocycles.